The van der Waals surface area contributed by atoms with Crippen molar-refractivity contribution < 1.29 is 9.59 Å². The van der Waals surface area contributed by atoms with E-state index in [9.17, 15) is 9.59 Å². The number of hydrogen-bond donors (Lipinski definition) is 2. The fourth-order valence-corrected chi connectivity index (χ4v) is 2.24. The number of rotatable bonds is 4. The zero-order valence-corrected chi connectivity index (χ0v) is 12.1. The molecule has 0 spiro atoms. The molecule has 0 aromatic carbocycles. The number of nitrogens with one attached hydrogen (secondary N) is 2. The van der Waals surface area contributed by atoms with Gasteiger partial charge in [0, 0.05) is 37.8 Å². The Morgan fingerprint density at radius 2 is 2.20 bits per heavy atom. The number of hydrogen-bond acceptors (Lipinski definition) is 3. The van der Waals surface area contributed by atoms with Gasteiger partial charge in [0.25, 0.3) is 5.91 Å². The van der Waals surface area contributed by atoms with Crippen molar-refractivity contribution in [1.82, 2.24) is 15.3 Å². The molecule has 0 aliphatic carbocycles. The van der Waals surface area contributed by atoms with E-state index in [0.717, 1.165) is 6.42 Å². The van der Waals surface area contributed by atoms with Crippen LogP contribution in [0.4, 0.5) is 0 Å². The van der Waals surface area contributed by atoms with E-state index in [4.69, 9.17) is 0 Å². The smallest absolute Gasteiger partial charge is 0.267 e. The van der Waals surface area contributed by atoms with Crippen molar-refractivity contribution in [1.29, 1.82) is 0 Å². The molecule has 1 aliphatic rings. The number of amides is 2. The molecule has 1 aromatic rings. The highest BCUT2D eigenvalue weighted by Crippen LogP contribution is 2.13. The molecule has 0 bridgehead atoms. The molecule has 0 radical (unpaired) electrons. The van der Waals surface area contributed by atoms with Crippen LogP contribution in [-0.4, -0.2) is 28.6 Å². The van der Waals surface area contributed by atoms with Crippen molar-refractivity contribution in [2.75, 3.05) is 6.54 Å². The van der Waals surface area contributed by atoms with E-state index in [1.807, 2.05) is 7.05 Å². The van der Waals surface area contributed by atoms with Crippen LogP contribution >= 0.6 is 0 Å². The average molecular weight is 276 g/mol. The van der Waals surface area contributed by atoms with Gasteiger partial charge < -0.3 is 9.88 Å². The monoisotopic (exact) mass is 276 g/mol. The van der Waals surface area contributed by atoms with Crippen LogP contribution in [0.1, 0.15) is 29.8 Å². The minimum absolute atomic E-state index is 0.142. The Balaban J connectivity index is 1.85. The third-order valence-electron chi connectivity index (χ3n) is 3.73. The molecule has 2 N–H and O–H groups in total. The fourth-order valence-electron chi connectivity index (χ4n) is 2.24. The lowest BCUT2D eigenvalue weighted by Gasteiger charge is -2.11. The van der Waals surface area contributed by atoms with E-state index in [1.54, 1.807) is 0 Å². The summed E-state index contributed by atoms with van der Waals surface area (Å²) in [6.45, 7) is 4.70. The van der Waals surface area contributed by atoms with Gasteiger partial charge in [-0.1, -0.05) is 0 Å². The van der Waals surface area contributed by atoms with E-state index >= 15 is 0 Å². The normalized spacial score (nSPS) is 14.8. The number of carbonyl (C=O) groups is 2. The van der Waals surface area contributed by atoms with E-state index in [0.29, 0.717) is 25.1 Å². The topological polar surface area (TPSA) is 75.5 Å². The van der Waals surface area contributed by atoms with Crippen LogP contribution in [0, 0.1) is 13.8 Å². The summed E-state index contributed by atoms with van der Waals surface area (Å²) in [5, 5.41) is 6.61. The van der Waals surface area contributed by atoms with Gasteiger partial charge in [-0.15, -0.1) is 0 Å². The lowest BCUT2D eigenvalue weighted by molar-refractivity contribution is -0.121. The molecule has 0 saturated carbocycles. The molecule has 2 rings (SSSR count). The summed E-state index contributed by atoms with van der Waals surface area (Å²) < 4.78 is 2.14. The highest BCUT2D eigenvalue weighted by Gasteiger charge is 2.17. The van der Waals surface area contributed by atoms with Crippen LogP contribution in [0.5, 0.6) is 0 Å². The first-order valence-corrected chi connectivity index (χ1v) is 6.74. The number of aromatic nitrogens is 1. The molecule has 2 amide bonds. The van der Waals surface area contributed by atoms with Gasteiger partial charge in [0.1, 0.15) is 5.71 Å². The van der Waals surface area contributed by atoms with Crippen LogP contribution < -0.4 is 10.7 Å². The molecular weight excluding hydrogens is 256 g/mol. The summed E-state index contributed by atoms with van der Waals surface area (Å²) in [5.74, 6) is -0.341. The Labute approximate surface area is 118 Å². The number of nitrogens with zero attached hydrogens (tertiary/aromatic N) is 2. The Morgan fingerprint density at radius 1 is 1.45 bits per heavy atom. The molecule has 0 unspecified atom stereocenters. The summed E-state index contributed by atoms with van der Waals surface area (Å²) >= 11 is 0. The second-order valence-corrected chi connectivity index (χ2v) is 5.05. The molecule has 6 nitrogen and oxygen atoms in total. The minimum atomic E-state index is -0.199. The van der Waals surface area contributed by atoms with Gasteiger partial charge in [0.2, 0.25) is 5.91 Å². The zero-order valence-electron chi connectivity index (χ0n) is 12.1. The molecule has 1 aromatic heterocycles. The van der Waals surface area contributed by atoms with Crippen molar-refractivity contribution in [3.05, 3.63) is 23.0 Å². The van der Waals surface area contributed by atoms with Crippen LogP contribution in [0.15, 0.2) is 11.2 Å². The zero-order chi connectivity index (χ0) is 14.7. The molecular formula is C14H20N4O2. The minimum Gasteiger partial charge on any atom is -0.352 e. The van der Waals surface area contributed by atoms with Crippen molar-refractivity contribution in [2.45, 2.75) is 33.1 Å². The fraction of sp³-hybridized carbons (Fsp3) is 0.500. The molecule has 6 heteroatoms. The van der Waals surface area contributed by atoms with E-state index in [1.165, 1.54) is 17.0 Å². The largest absolute Gasteiger partial charge is 0.352 e. The van der Waals surface area contributed by atoms with Gasteiger partial charge in [-0.25, -0.2) is 5.43 Å². The SMILES string of the molecule is Cc1cc(CCNC(=O)C2=NNC(=O)CC2)c(C)n1C. The third kappa shape index (κ3) is 3.07. The van der Waals surface area contributed by atoms with Crippen molar-refractivity contribution >= 4 is 17.5 Å². The Morgan fingerprint density at radius 3 is 2.75 bits per heavy atom. The quantitative estimate of drug-likeness (QED) is 0.843. The Kier molecular flexibility index (Phi) is 4.22. The summed E-state index contributed by atoms with van der Waals surface area (Å²) in [5.41, 5.74) is 6.39. The molecule has 0 atom stereocenters. The van der Waals surface area contributed by atoms with Crippen LogP contribution in [0.3, 0.4) is 0 Å². The molecule has 108 valence electrons. The maximum atomic E-state index is 11.9. The maximum absolute atomic E-state index is 11.9. The number of carbonyl (C=O) groups excluding carboxylic acids is 2. The average Bonchev–Trinajstić information content (AvgIpc) is 2.67. The highest BCUT2D eigenvalue weighted by molar-refractivity contribution is 6.39. The molecule has 2 heterocycles. The van der Waals surface area contributed by atoms with Crippen molar-refractivity contribution in [3.63, 3.8) is 0 Å². The standard InChI is InChI=1S/C14H20N4O2/c1-9-8-11(10(2)18(9)3)6-7-15-14(20)12-4-5-13(19)17-16-12/h8H,4-7H2,1-3H3,(H,15,20)(H,17,19). The number of aryl methyl sites for hydroxylation is 1. The first-order valence-electron chi connectivity index (χ1n) is 6.74. The second kappa shape index (κ2) is 5.90. The lowest BCUT2D eigenvalue weighted by atomic mass is 10.1. The van der Waals surface area contributed by atoms with Gasteiger partial charge in [-0.3, -0.25) is 9.59 Å². The summed E-state index contributed by atoms with van der Waals surface area (Å²) in [6, 6.07) is 2.14. The van der Waals surface area contributed by atoms with Crippen LogP contribution in [0.25, 0.3) is 0 Å². The Bertz CT molecular complexity index is 572. The van der Waals surface area contributed by atoms with Gasteiger partial charge in [0.05, 0.1) is 0 Å². The predicted molar refractivity (Wildman–Crippen MR) is 76.4 cm³/mol. The molecule has 0 saturated heterocycles. The van der Waals surface area contributed by atoms with Gasteiger partial charge in [-0.05, 0) is 31.9 Å². The van der Waals surface area contributed by atoms with Crippen molar-refractivity contribution in [2.24, 2.45) is 12.1 Å². The maximum Gasteiger partial charge on any atom is 0.267 e. The van der Waals surface area contributed by atoms with Gasteiger partial charge >= 0.3 is 0 Å². The van der Waals surface area contributed by atoms with Gasteiger partial charge in [-0.2, -0.15) is 5.10 Å². The van der Waals surface area contributed by atoms with Crippen molar-refractivity contribution in [3.8, 4) is 0 Å². The molecule has 1 aliphatic heterocycles. The summed E-state index contributed by atoms with van der Waals surface area (Å²) in [6.07, 6.45) is 1.52. The number of hydrazone groups is 1. The van der Waals surface area contributed by atoms with Crippen LogP contribution in [0.2, 0.25) is 0 Å². The van der Waals surface area contributed by atoms with Gasteiger partial charge in [0.15, 0.2) is 0 Å². The summed E-state index contributed by atoms with van der Waals surface area (Å²) in [7, 11) is 2.03. The third-order valence-corrected chi connectivity index (χ3v) is 3.73. The second-order valence-electron chi connectivity index (χ2n) is 5.05. The lowest BCUT2D eigenvalue weighted by Crippen LogP contribution is -2.37. The van der Waals surface area contributed by atoms with E-state index in [2.05, 4.69) is 40.3 Å². The first-order chi connectivity index (χ1) is 9.49. The highest BCUT2D eigenvalue weighted by atomic mass is 16.2. The molecule has 0 fully saturated rings. The van der Waals surface area contributed by atoms with Crippen LogP contribution in [-0.2, 0) is 23.1 Å². The summed E-state index contributed by atoms with van der Waals surface area (Å²) in [4.78, 5) is 22.8. The first kappa shape index (κ1) is 14.3. The molecule has 20 heavy (non-hydrogen) atoms. The Hall–Kier alpha value is -2.11. The predicted octanol–water partition coefficient (Wildman–Crippen LogP) is 0.567. The van der Waals surface area contributed by atoms with E-state index in [-0.39, 0.29) is 11.8 Å². The van der Waals surface area contributed by atoms with E-state index < -0.39 is 0 Å².